The molecule has 112 valence electrons. The topological polar surface area (TPSA) is 61.4 Å². The Morgan fingerprint density at radius 2 is 2.21 bits per heavy atom. The molecule has 0 radical (unpaired) electrons. The highest BCUT2D eigenvalue weighted by Crippen LogP contribution is 2.26. The van der Waals surface area contributed by atoms with Crippen LogP contribution >= 0.6 is 0 Å². The molecule has 1 amide bonds. The fraction of sp³-hybridized carbons (Fsp3) is 0.933. The van der Waals surface area contributed by atoms with E-state index in [1.165, 1.54) is 0 Å². The lowest BCUT2D eigenvalue weighted by Gasteiger charge is -2.31. The van der Waals surface area contributed by atoms with E-state index >= 15 is 0 Å². The largest absolute Gasteiger partial charge is 0.396 e. The molecule has 3 N–H and O–H groups in total. The second-order valence-corrected chi connectivity index (χ2v) is 6.54. The number of aliphatic hydroxyl groups is 1. The molecule has 0 spiro atoms. The molecule has 1 rings (SSSR count). The molecule has 1 unspecified atom stereocenters. The number of carbonyl (C=O) groups is 1. The van der Waals surface area contributed by atoms with Gasteiger partial charge in [0.1, 0.15) is 0 Å². The minimum Gasteiger partial charge on any atom is -0.396 e. The maximum Gasteiger partial charge on any atom is 0.240 e. The lowest BCUT2D eigenvalue weighted by molar-refractivity contribution is -0.127. The van der Waals surface area contributed by atoms with E-state index in [2.05, 4.69) is 31.4 Å². The first-order chi connectivity index (χ1) is 8.96. The standard InChI is InChI=1S/C15H30N2O2/c1-4-7-15(9-5-10-17-15)13(19)16-12-14(2,3)8-6-11-18/h17-18H,4-12H2,1-3H3,(H,16,19). The van der Waals surface area contributed by atoms with Crippen molar-refractivity contribution in [3.63, 3.8) is 0 Å². The molecule has 1 saturated heterocycles. The summed E-state index contributed by atoms with van der Waals surface area (Å²) in [7, 11) is 0. The summed E-state index contributed by atoms with van der Waals surface area (Å²) in [6, 6.07) is 0. The second kappa shape index (κ2) is 7.25. The van der Waals surface area contributed by atoms with E-state index < -0.39 is 0 Å². The van der Waals surface area contributed by atoms with E-state index in [1.807, 2.05) is 0 Å². The van der Waals surface area contributed by atoms with Crippen LogP contribution in [0, 0.1) is 5.41 Å². The third-order valence-electron chi connectivity index (χ3n) is 4.09. The van der Waals surface area contributed by atoms with Gasteiger partial charge in [0.15, 0.2) is 0 Å². The third-order valence-corrected chi connectivity index (χ3v) is 4.09. The van der Waals surface area contributed by atoms with E-state index in [1.54, 1.807) is 0 Å². The van der Waals surface area contributed by atoms with Gasteiger partial charge in [0.2, 0.25) is 5.91 Å². The van der Waals surface area contributed by atoms with Crippen molar-refractivity contribution in [2.45, 2.75) is 64.8 Å². The van der Waals surface area contributed by atoms with Crippen LogP contribution < -0.4 is 10.6 Å². The molecule has 1 aliphatic rings. The van der Waals surface area contributed by atoms with Crippen LogP contribution in [-0.4, -0.2) is 36.2 Å². The maximum absolute atomic E-state index is 12.5. The predicted molar refractivity (Wildman–Crippen MR) is 78.0 cm³/mol. The van der Waals surface area contributed by atoms with E-state index in [9.17, 15) is 4.79 Å². The second-order valence-electron chi connectivity index (χ2n) is 6.54. The Labute approximate surface area is 117 Å². The number of nitrogens with one attached hydrogen (secondary N) is 2. The third kappa shape index (κ3) is 4.77. The van der Waals surface area contributed by atoms with Crippen LogP contribution in [0.2, 0.25) is 0 Å². The molecular weight excluding hydrogens is 240 g/mol. The molecule has 0 aromatic rings. The van der Waals surface area contributed by atoms with E-state index in [0.717, 1.165) is 45.1 Å². The Kier molecular flexibility index (Phi) is 6.27. The number of hydrogen-bond donors (Lipinski definition) is 3. The molecule has 1 heterocycles. The first-order valence-corrected chi connectivity index (χ1v) is 7.60. The van der Waals surface area contributed by atoms with Gasteiger partial charge in [0.05, 0.1) is 5.54 Å². The minimum atomic E-state index is -0.332. The Morgan fingerprint density at radius 1 is 1.47 bits per heavy atom. The van der Waals surface area contributed by atoms with Crippen molar-refractivity contribution in [2.75, 3.05) is 19.7 Å². The zero-order chi connectivity index (χ0) is 14.4. The Balaban J connectivity index is 2.49. The van der Waals surface area contributed by atoms with Gasteiger partial charge in [0.25, 0.3) is 0 Å². The molecule has 0 aliphatic carbocycles. The average molecular weight is 270 g/mol. The molecule has 1 fully saturated rings. The van der Waals surface area contributed by atoms with Crippen LogP contribution in [0.4, 0.5) is 0 Å². The van der Waals surface area contributed by atoms with Crippen molar-refractivity contribution in [2.24, 2.45) is 5.41 Å². The van der Waals surface area contributed by atoms with Crippen LogP contribution in [0.5, 0.6) is 0 Å². The first kappa shape index (κ1) is 16.4. The highest BCUT2D eigenvalue weighted by Gasteiger charge is 2.40. The van der Waals surface area contributed by atoms with Gasteiger partial charge in [-0.3, -0.25) is 4.79 Å². The summed E-state index contributed by atoms with van der Waals surface area (Å²) in [5.41, 5.74) is -0.286. The lowest BCUT2D eigenvalue weighted by atomic mass is 9.86. The number of carbonyl (C=O) groups excluding carboxylic acids is 1. The molecule has 0 aromatic heterocycles. The zero-order valence-electron chi connectivity index (χ0n) is 12.7. The van der Waals surface area contributed by atoms with Gasteiger partial charge in [-0.2, -0.15) is 0 Å². The normalized spacial score (nSPS) is 23.6. The lowest BCUT2D eigenvalue weighted by Crippen LogP contribution is -2.54. The predicted octanol–water partition coefficient (Wildman–Crippen LogP) is 1.82. The van der Waals surface area contributed by atoms with Gasteiger partial charge >= 0.3 is 0 Å². The summed E-state index contributed by atoms with van der Waals surface area (Å²) >= 11 is 0. The van der Waals surface area contributed by atoms with Gasteiger partial charge in [-0.1, -0.05) is 27.2 Å². The Hall–Kier alpha value is -0.610. The van der Waals surface area contributed by atoms with Crippen molar-refractivity contribution >= 4 is 5.91 Å². The van der Waals surface area contributed by atoms with Gasteiger partial charge < -0.3 is 15.7 Å². The molecule has 0 aromatic carbocycles. The van der Waals surface area contributed by atoms with E-state index in [-0.39, 0.29) is 23.5 Å². The number of rotatable bonds is 8. The minimum absolute atomic E-state index is 0.0460. The number of aliphatic hydroxyl groups excluding tert-OH is 1. The summed E-state index contributed by atoms with van der Waals surface area (Å²) in [5.74, 6) is 0.156. The molecule has 4 nitrogen and oxygen atoms in total. The molecule has 0 bridgehead atoms. The molecule has 1 atom stereocenters. The monoisotopic (exact) mass is 270 g/mol. The fourth-order valence-corrected chi connectivity index (χ4v) is 2.89. The molecule has 1 aliphatic heterocycles. The zero-order valence-corrected chi connectivity index (χ0v) is 12.7. The smallest absolute Gasteiger partial charge is 0.240 e. The van der Waals surface area contributed by atoms with Crippen LogP contribution in [0.1, 0.15) is 59.3 Å². The maximum atomic E-state index is 12.5. The number of hydrogen-bond acceptors (Lipinski definition) is 3. The molecule has 0 saturated carbocycles. The van der Waals surface area contributed by atoms with Crippen LogP contribution in [0.25, 0.3) is 0 Å². The van der Waals surface area contributed by atoms with Crippen molar-refractivity contribution < 1.29 is 9.90 Å². The van der Waals surface area contributed by atoms with Crippen LogP contribution in [-0.2, 0) is 4.79 Å². The van der Waals surface area contributed by atoms with Crippen molar-refractivity contribution in [3.8, 4) is 0 Å². The van der Waals surface area contributed by atoms with Crippen molar-refractivity contribution in [1.82, 2.24) is 10.6 Å². The van der Waals surface area contributed by atoms with Gasteiger partial charge in [-0.15, -0.1) is 0 Å². The summed E-state index contributed by atoms with van der Waals surface area (Å²) in [6.07, 6.45) is 5.69. The summed E-state index contributed by atoms with van der Waals surface area (Å²) in [6.45, 7) is 8.24. The highest BCUT2D eigenvalue weighted by molar-refractivity contribution is 5.86. The van der Waals surface area contributed by atoms with Crippen LogP contribution in [0.15, 0.2) is 0 Å². The molecule has 4 heteroatoms. The highest BCUT2D eigenvalue weighted by atomic mass is 16.2. The van der Waals surface area contributed by atoms with E-state index in [0.29, 0.717) is 6.54 Å². The van der Waals surface area contributed by atoms with Crippen molar-refractivity contribution in [3.05, 3.63) is 0 Å². The summed E-state index contributed by atoms with van der Waals surface area (Å²) in [5, 5.41) is 15.4. The van der Waals surface area contributed by atoms with Crippen LogP contribution in [0.3, 0.4) is 0 Å². The van der Waals surface area contributed by atoms with Gasteiger partial charge in [-0.25, -0.2) is 0 Å². The first-order valence-electron chi connectivity index (χ1n) is 7.60. The average Bonchev–Trinajstić information content (AvgIpc) is 2.84. The van der Waals surface area contributed by atoms with E-state index in [4.69, 9.17) is 5.11 Å². The SMILES string of the molecule is CCCC1(C(=O)NCC(C)(C)CCCO)CCCN1. The molecular formula is C15H30N2O2. The number of amides is 1. The van der Waals surface area contributed by atoms with Gasteiger partial charge in [-0.05, 0) is 44.1 Å². The summed E-state index contributed by atoms with van der Waals surface area (Å²) in [4.78, 5) is 12.5. The fourth-order valence-electron chi connectivity index (χ4n) is 2.89. The summed E-state index contributed by atoms with van der Waals surface area (Å²) < 4.78 is 0. The Bertz CT molecular complexity index is 284. The van der Waals surface area contributed by atoms with Crippen molar-refractivity contribution in [1.29, 1.82) is 0 Å². The molecule has 19 heavy (non-hydrogen) atoms. The Morgan fingerprint density at radius 3 is 2.74 bits per heavy atom. The van der Waals surface area contributed by atoms with Gasteiger partial charge in [0, 0.05) is 13.2 Å². The quantitative estimate of drug-likeness (QED) is 0.630.